The van der Waals surface area contributed by atoms with Crippen LogP contribution in [-0.4, -0.2) is 6.04 Å². The molecule has 1 aliphatic rings. The molecule has 1 unspecified atom stereocenters. The van der Waals surface area contributed by atoms with Gasteiger partial charge in [-0.2, -0.15) is 0 Å². The van der Waals surface area contributed by atoms with Crippen LogP contribution in [0.2, 0.25) is 5.02 Å². The smallest absolute Gasteiger partial charge is 0.0406 e. The van der Waals surface area contributed by atoms with E-state index in [1.54, 1.807) is 0 Å². The van der Waals surface area contributed by atoms with Gasteiger partial charge in [-0.1, -0.05) is 37.6 Å². The summed E-state index contributed by atoms with van der Waals surface area (Å²) in [7, 11) is 0. The summed E-state index contributed by atoms with van der Waals surface area (Å²) < 4.78 is 0. The fourth-order valence-electron chi connectivity index (χ4n) is 2.78. The fraction of sp³-hybridized carbons (Fsp3) is 0.600. The standard InChI is InChI=1S/C15H22ClN/c1-11(12-4-6-13(16)7-5-12)17-14-8-9-15(2,3)10-14/h4-7,11,14,17H,8-10H2,1-3H3/t11-,14?/m0/s1. The van der Waals surface area contributed by atoms with Crippen LogP contribution >= 0.6 is 11.6 Å². The Balaban J connectivity index is 1.93. The van der Waals surface area contributed by atoms with Crippen LogP contribution in [0.15, 0.2) is 24.3 Å². The first-order chi connectivity index (χ1) is 7.96. The van der Waals surface area contributed by atoms with Gasteiger partial charge in [-0.15, -0.1) is 0 Å². The van der Waals surface area contributed by atoms with Gasteiger partial charge < -0.3 is 5.32 Å². The third-order valence-electron chi connectivity index (χ3n) is 3.82. The van der Waals surface area contributed by atoms with E-state index in [9.17, 15) is 0 Å². The highest BCUT2D eigenvalue weighted by Crippen LogP contribution is 2.37. The van der Waals surface area contributed by atoms with Crippen molar-refractivity contribution >= 4 is 11.6 Å². The summed E-state index contributed by atoms with van der Waals surface area (Å²) in [5.74, 6) is 0. The van der Waals surface area contributed by atoms with Crippen LogP contribution in [0.25, 0.3) is 0 Å². The number of rotatable bonds is 3. The van der Waals surface area contributed by atoms with E-state index >= 15 is 0 Å². The molecule has 2 atom stereocenters. The number of hydrogen-bond donors (Lipinski definition) is 1. The SMILES string of the molecule is C[C@H](NC1CCC(C)(C)C1)c1ccc(Cl)cc1. The highest BCUT2D eigenvalue weighted by Gasteiger charge is 2.31. The molecule has 2 heteroatoms. The Morgan fingerprint density at radius 3 is 2.47 bits per heavy atom. The van der Waals surface area contributed by atoms with Gasteiger partial charge in [0.15, 0.2) is 0 Å². The third-order valence-corrected chi connectivity index (χ3v) is 4.08. The second kappa shape index (κ2) is 4.99. The highest BCUT2D eigenvalue weighted by atomic mass is 35.5. The molecule has 1 nitrogen and oxygen atoms in total. The lowest BCUT2D eigenvalue weighted by Crippen LogP contribution is -2.30. The second-order valence-corrected chi connectivity index (χ2v) is 6.48. The van der Waals surface area contributed by atoms with E-state index in [-0.39, 0.29) is 0 Å². The number of nitrogens with one attached hydrogen (secondary N) is 1. The van der Waals surface area contributed by atoms with E-state index in [1.165, 1.54) is 24.8 Å². The number of halogens is 1. The molecular weight excluding hydrogens is 230 g/mol. The third kappa shape index (κ3) is 3.46. The van der Waals surface area contributed by atoms with E-state index in [1.807, 2.05) is 12.1 Å². The van der Waals surface area contributed by atoms with Crippen LogP contribution in [0.5, 0.6) is 0 Å². The molecule has 94 valence electrons. The second-order valence-electron chi connectivity index (χ2n) is 6.04. The van der Waals surface area contributed by atoms with Gasteiger partial charge >= 0.3 is 0 Å². The molecule has 2 rings (SSSR count). The topological polar surface area (TPSA) is 12.0 Å². The molecule has 1 fully saturated rings. The summed E-state index contributed by atoms with van der Waals surface area (Å²) in [6, 6.07) is 9.23. The van der Waals surface area contributed by atoms with Crippen molar-refractivity contribution in [1.82, 2.24) is 5.32 Å². The molecule has 0 saturated heterocycles. The van der Waals surface area contributed by atoms with Crippen molar-refractivity contribution < 1.29 is 0 Å². The summed E-state index contributed by atoms with van der Waals surface area (Å²) in [6.45, 7) is 6.96. The van der Waals surface area contributed by atoms with Gasteiger partial charge in [-0.3, -0.25) is 0 Å². The molecule has 0 radical (unpaired) electrons. The van der Waals surface area contributed by atoms with Crippen molar-refractivity contribution in [2.45, 2.75) is 52.1 Å². The highest BCUT2D eigenvalue weighted by molar-refractivity contribution is 6.30. The first-order valence-corrected chi connectivity index (χ1v) is 6.86. The quantitative estimate of drug-likeness (QED) is 0.830. The minimum Gasteiger partial charge on any atom is -0.307 e. The summed E-state index contributed by atoms with van der Waals surface area (Å²) in [6.07, 6.45) is 3.91. The zero-order valence-electron chi connectivity index (χ0n) is 11.0. The van der Waals surface area contributed by atoms with Gasteiger partial charge in [0, 0.05) is 17.1 Å². The number of hydrogen-bond acceptors (Lipinski definition) is 1. The molecule has 1 N–H and O–H groups in total. The van der Waals surface area contributed by atoms with Crippen molar-refractivity contribution in [1.29, 1.82) is 0 Å². The van der Waals surface area contributed by atoms with E-state index in [2.05, 4.69) is 38.2 Å². The van der Waals surface area contributed by atoms with E-state index in [4.69, 9.17) is 11.6 Å². The summed E-state index contributed by atoms with van der Waals surface area (Å²) in [5, 5.41) is 4.54. The molecule has 0 amide bonds. The average molecular weight is 252 g/mol. The average Bonchev–Trinajstić information content (AvgIpc) is 2.59. The largest absolute Gasteiger partial charge is 0.307 e. The van der Waals surface area contributed by atoms with Crippen LogP contribution in [0.1, 0.15) is 51.6 Å². The molecule has 0 bridgehead atoms. The van der Waals surface area contributed by atoms with E-state index in [0.29, 0.717) is 17.5 Å². The minimum atomic E-state index is 0.408. The Morgan fingerprint density at radius 2 is 1.94 bits per heavy atom. The zero-order chi connectivity index (χ0) is 12.5. The van der Waals surface area contributed by atoms with Gasteiger partial charge in [-0.25, -0.2) is 0 Å². The van der Waals surface area contributed by atoms with Crippen molar-refractivity contribution in [3.05, 3.63) is 34.9 Å². The summed E-state index contributed by atoms with van der Waals surface area (Å²) >= 11 is 5.90. The number of benzene rings is 1. The molecule has 1 saturated carbocycles. The monoisotopic (exact) mass is 251 g/mol. The van der Waals surface area contributed by atoms with E-state index in [0.717, 1.165) is 5.02 Å². The molecule has 1 aromatic rings. The minimum absolute atomic E-state index is 0.408. The van der Waals surface area contributed by atoms with Crippen molar-refractivity contribution in [3.63, 3.8) is 0 Å². The van der Waals surface area contributed by atoms with Crippen LogP contribution < -0.4 is 5.32 Å². The molecule has 1 aromatic carbocycles. The lowest BCUT2D eigenvalue weighted by Gasteiger charge is -2.22. The normalized spacial score (nSPS) is 24.8. The van der Waals surface area contributed by atoms with Crippen molar-refractivity contribution in [2.24, 2.45) is 5.41 Å². The van der Waals surface area contributed by atoms with Crippen molar-refractivity contribution in [3.8, 4) is 0 Å². The fourth-order valence-corrected chi connectivity index (χ4v) is 2.91. The molecule has 0 aliphatic heterocycles. The van der Waals surface area contributed by atoms with Gasteiger partial charge in [-0.05, 0) is 49.3 Å². The molecule has 0 spiro atoms. The predicted molar refractivity (Wildman–Crippen MR) is 74.4 cm³/mol. The maximum Gasteiger partial charge on any atom is 0.0406 e. The Labute approximate surface area is 110 Å². The van der Waals surface area contributed by atoms with Crippen LogP contribution in [0.4, 0.5) is 0 Å². The zero-order valence-corrected chi connectivity index (χ0v) is 11.7. The van der Waals surface area contributed by atoms with E-state index < -0.39 is 0 Å². The summed E-state index contributed by atoms with van der Waals surface area (Å²) in [4.78, 5) is 0. The predicted octanol–water partition coefficient (Wildman–Crippen LogP) is 4.57. The van der Waals surface area contributed by atoms with Gasteiger partial charge in [0.2, 0.25) is 0 Å². The Hall–Kier alpha value is -0.530. The van der Waals surface area contributed by atoms with Crippen LogP contribution in [0, 0.1) is 5.41 Å². The maximum absolute atomic E-state index is 5.90. The summed E-state index contributed by atoms with van der Waals surface area (Å²) in [5.41, 5.74) is 1.83. The van der Waals surface area contributed by atoms with Gasteiger partial charge in [0.05, 0.1) is 0 Å². The van der Waals surface area contributed by atoms with Crippen LogP contribution in [0.3, 0.4) is 0 Å². The molecule has 1 aliphatic carbocycles. The molecule has 17 heavy (non-hydrogen) atoms. The Kier molecular flexibility index (Phi) is 3.79. The molecule has 0 heterocycles. The molecular formula is C15H22ClN. The van der Waals surface area contributed by atoms with Gasteiger partial charge in [0.25, 0.3) is 0 Å². The van der Waals surface area contributed by atoms with Crippen molar-refractivity contribution in [2.75, 3.05) is 0 Å². The Morgan fingerprint density at radius 1 is 1.29 bits per heavy atom. The van der Waals surface area contributed by atoms with Crippen LogP contribution in [-0.2, 0) is 0 Å². The first-order valence-electron chi connectivity index (χ1n) is 6.48. The first kappa shape index (κ1) is 12.9. The lowest BCUT2D eigenvalue weighted by atomic mass is 9.91. The maximum atomic E-state index is 5.90. The lowest BCUT2D eigenvalue weighted by molar-refractivity contribution is 0.356. The molecule has 0 aromatic heterocycles. The Bertz CT molecular complexity index is 369. The van der Waals surface area contributed by atoms with Gasteiger partial charge in [0.1, 0.15) is 0 Å².